The summed E-state index contributed by atoms with van der Waals surface area (Å²) in [5.74, 6) is -0.160. The molecule has 1 amide bonds. The van der Waals surface area contributed by atoms with Crippen molar-refractivity contribution in [2.24, 2.45) is 0 Å². The van der Waals surface area contributed by atoms with Gasteiger partial charge in [0.1, 0.15) is 5.82 Å². The minimum absolute atomic E-state index is 0.160. The third-order valence-electron chi connectivity index (χ3n) is 4.46. The summed E-state index contributed by atoms with van der Waals surface area (Å²) in [4.78, 5) is 14.8. The Morgan fingerprint density at radius 1 is 1.20 bits per heavy atom. The first-order valence-electron chi connectivity index (χ1n) is 7.13. The molecule has 5 heteroatoms. The number of nitrogens with zero attached hydrogens (tertiary/aromatic N) is 2. The molecule has 0 aromatic heterocycles. The van der Waals surface area contributed by atoms with E-state index in [9.17, 15) is 9.18 Å². The number of carboxylic acid groups (broad SMARTS) is 1. The minimum Gasteiger partial charge on any atom is -0.465 e. The van der Waals surface area contributed by atoms with Gasteiger partial charge >= 0.3 is 6.09 Å². The molecule has 3 rings (SSSR count). The lowest BCUT2D eigenvalue weighted by Gasteiger charge is -2.40. The highest BCUT2D eigenvalue weighted by atomic mass is 19.1. The van der Waals surface area contributed by atoms with E-state index in [-0.39, 0.29) is 5.82 Å². The van der Waals surface area contributed by atoms with Crippen LogP contribution in [0.5, 0.6) is 0 Å². The number of fused-ring (bicyclic) bond motifs is 1. The first-order chi connectivity index (χ1) is 9.63. The lowest BCUT2D eigenvalue weighted by molar-refractivity contribution is 0.0884. The second-order valence-electron chi connectivity index (χ2n) is 5.63. The van der Waals surface area contributed by atoms with Gasteiger partial charge in [-0.15, -0.1) is 0 Å². The Bertz CT molecular complexity index is 513. The van der Waals surface area contributed by atoms with E-state index in [1.54, 1.807) is 6.07 Å². The van der Waals surface area contributed by atoms with Crippen molar-refractivity contribution in [1.29, 1.82) is 0 Å². The zero-order chi connectivity index (χ0) is 14.1. The van der Waals surface area contributed by atoms with Crippen LogP contribution in [0.2, 0.25) is 0 Å². The molecule has 1 aromatic rings. The van der Waals surface area contributed by atoms with Gasteiger partial charge in [0.15, 0.2) is 0 Å². The fourth-order valence-corrected chi connectivity index (χ4v) is 3.28. The normalized spacial score (nSPS) is 20.8. The van der Waals surface area contributed by atoms with Crippen LogP contribution in [0.1, 0.15) is 24.0 Å². The van der Waals surface area contributed by atoms with Crippen molar-refractivity contribution in [3.8, 4) is 0 Å². The summed E-state index contributed by atoms with van der Waals surface area (Å²) in [7, 11) is 0. The Labute approximate surface area is 117 Å². The molecule has 4 nitrogen and oxygen atoms in total. The lowest BCUT2D eigenvalue weighted by Crippen LogP contribution is -2.47. The smallest absolute Gasteiger partial charge is 0.407 e. The van der Waals surface area contributed by atoms with Crippen LogP contribution < -0.4 is 0 Å². The highest BCUT2D eigenvalue weighted by Gasteiger charge is 2.28. The Kier molecular flexibility index (Phi) is 3.61. The van der Waals surface area contributed by atoms with Gasteiger partial charge in [-0.1, -0.05) is 6.07 Å². The predicted octanol–water partition coefficient (Wildman–Crippen LogP) is 2.33. The first kappa shape index (κ1) is 13.4. The lowest BCUT2D eigenvalue weighted by atomic mass is 9.95. The number of amides is 1. The summed E-state index contributed by atoms with van der Waals surface area (Å²) < 4.78 is 13.2. The highest BCUT2D eigenvalue weighted by molar-refractivity contribution is 5.65. The van der Waals surface area contributed by atoms with E-state index in [2.05, 4.69) is 4.90 Å². The number of rotatable bonds is 1. The molecule has 0 atom stereocenters. The maximum atomic E-state index is 13.2. The van der Waals surface area contributed by atoms with Gasteiger partial charge in [0.05, 0.1) is 0 Å². The molecule has 1 fully saturated rings. The molecule has 2 heterocycles. The molecule has 1 saturated heterocycles. The third-order valence-corrected chi connectivity index (χ3v) is 4.46. The van der Waals surface area contributed by atoms with Gasteiger partial charge < -0.3 is 10.0 Å². The molecule has 108 valence electrons. The molecular formula is C15H19FN2O2. The van der Waals surface area contributed by atoms with Crippen molar-refractivity contribution in [3.05, 3.63) is 35.1 Å². The molecular weight excluding hydrogens is 259 g/mol. The van der Waals surface area contributed by atoms with Crippen molar-refractivity contribution >= 4 is 6.09 Å². The second kappa shape index (κ2) is 5.40. The topological polar surface area (TPSA) is 43.8 Å². The van der Waals surface area contributed by atoms with E-state index in [0.717, 1.165) is 37.9 Å². The van der Waals surface area contributed by atoms with Gasteiger partial charge in [-0.3, -0.25) is 4.90 Å². The van der Waals surface area contributed by atoms with Crippen LogP contribution in [-0.2, 0) is 13.0 Å². The number of hydrogen-bond acceptors (Lipinski definition) is 2. The molecule has 1 aromatic carbocycles. The quantitative estimate of drug-likeness (QED) is 0.857. The van der Waals surface area contributed by atoms with E-state index < -0.39 is 6.09 Å². The maximum absolute atomic E-state index is 13.2. The van der Waals surface area contributed by atoms with E-state index in [1.165, 1.54) is 16.5 Å². The monoisotopic (exact) mass is 278 g/mol. The zero-order valence-corrected chi connectivity index (χ0v) is 11.4. The standard InChI is InChI=1S/C15H19FN2O2/c16-13-2-1-12-10-18(6-3-11(12)9-13)14-4-7-17(8-5-14)15(19)20/h1-2,9,14H,3-8,10H2,(H,19,20). The minimum atomic E-state index is -0.817. The Balaban J connectivity index is 1.63. The SMILES string of the molecule is O=C(O)N1CCC(N2CCc3cc(F)ccc3C2)CC1. The van der Waals surface area contributed by atoms with Crippen molar-refractivity contribution in [2.45, 2.75) is 31.8 Å². The largest absolute Gasteiger partial charge is 0.465 e. The molecule has 2 aliphatic heterocycles. The van der Waals surface area contributed by atoms with E-state index in [1.807, 2.05) is 6.07 Å². The summed E-state index contributed by atoms with van der Waals surface area (Å²) in [6, 6.07) is 5.49. The van der Waals surface area contributed by atoms with Gasteiger partial charge in [-0.05, 0) is 42.5 Å². The number of piperidine rings is 1. The fourth-order valence-electron chi connectivity index (χ4n) is 3.28. The van der Waals surface area contributed by atoms with Crippen molar-refractivity contribution in [1.82, 2.24) is 9.80 Å². The van der Waals surface area contributed by atoms with Crippen molar-refractivity contribution < 1.29 is 14.3 Å². The average Bonchev–Trinajstić information content (AvgIpc) is 2.47. The van der Waals surface area contributed by atoms with Crippen LogP contribution in [0.4, 0.5) is 9.18 Å². The Hall–Kier alpha value is -1.62. The summed E-state index contributed by atoms with van der Waals surface area (Å²) in [6.07, 6.45) is 1.85. The molecule has 0 radical (unpaired) electrons. The van der Waals surface area contributed by atoms with Gasteiger partial charge in [-0.2, -0.15) is 0 Å². The molecule has 0 unspecified atom stereocenters. The molecule has 20 heavy (non-hydrogen) atoms. The first-order valence-corrected chi connectivity index (χ1v) is 7.13. The average molecular weight is 278 g/mol. The van der Waals surface area contributed by atoms with Gasteiger partial charge in [0.25, 0.3) is 0 Å². The number of hydrogen-bond donors (Lipinski definition) is 1. The summed E-state index contributed by atoms with van der Waals surface area (Å²) >= 11 is 0. The highest BCUT2D eigenvalue weighted by Crippen LogP contribution is 2.25. The van der Waals surface area contributed by atoms with Crippen LogP contribution in [0, 0.1) is 5.82 Å². The summed E-state index contributed by atoms with van der Waals surface area (Å²) in [6.45, 7) is 3.03. The fraction of sp³-hybridized carbons (Fsp3) is 0.533. The summed E-state index contributed by atoms with van der Waals surface area (Å²) in [5.41, 5.74) is 2.32. The molecule has 0 bridgehead atoms. The predicted molar refractivity (Wildman–Crippen MR) is 73.1 cm³/mol. The molecule has 0 aliphatic carbocycles. The number of halogens is 1. The number of carbonyl (C=O) groups is 1. The van der Waals surface area contributed by atoms with Crippen LogP contribution in [0.25, 0.3) is 0 Å². The van der Waals surface area contributed by atoms with Crippen LogP contribution in [-0.4, -0.2) is 46.7 Å². The molecule has 0 spiro atoms. The van der Waals surface area contributed by atoms with E-state index in [0.29, 0.717) is 19.1 Å². The Morgan fingerprint density at radius 3 is 2.65 bits per heavy atom. The molecule has 1 N–H and O–H groups in total. The van der Waals surface area contributed by atoms with Crippen molar-refractivity contribution in [3.63, 3.8) is 0 Å². The molecule has 0 saturated carbocycles. The summed E-state index contributed by atoms with van der Waals surface area (Å²) in [5, 5.41) is 8.97. The maximum Gasteiger partial charge on any atom is 0.407 e. The van der Waals surface area contributed by atoms with Gasteiger partial charge in [-0.25, -0.2) is 9.18 Å². The second-order valence-corrected chi connectivity index (χ2v) is 5.63. The van der Waals surface area contributed by atoms with Crippen LogP contribution >= 0.6 is 0 Å². The van der Waals surface area contributed by atoms with Crippen molar-refractivity contribution in [2.75, 3.05) is 19.6 Å². The zero-order valence-electron chi connectivity index (χ0n) is 11.4. The van der Waals surface area contributed by atoms with E-state index in [4.69, 9.17) is 5.11 Å². The van der Waals surface area contributed by atoms with E-state index >= 15 is 0 Å². The number of likely N-dealkylation sites (tertiary alicyclic amines) is 1. The Morgan fingerprint density at radius 2 is 1.95 bits per heavy atom. The van der Waals surface area contributed by atoms with Crippen LogP contribution in [0.15, 0.2) is 18.2 Å². The van der Waals surface area contributed by atoms with Crippen LogP contribution in [0.3, 0.4) is 0 Å². The number of benzene rings is 1. The molecule has 2 aliphatic rings. The third kappa shape index (κ3) is 2.63. The van der Waals surface area contributed by atoms with Gasteiger partial charge in [0.2, 0.25) is 0 Å². The van der Waals surface area contributed by atoms with Gasteiger partial charge in [0, 0.05) is 32.2 Å².